The van der Waals surface area contributed by atoms with Gasteiger partial charge in [0.05, 0.1) is 13.7 Å². The minimum atomic E-state index is -3.63. The molecular weight excluding hydrogens is 242 g/mol. The van der Waals surface area contributed by atoms with Crippen molar-refractivity contribution in [3.63, 3.8) is 0 Å². The van der Waals surface area contributed by atoms with Crippen LogP contribution >= 0.6 is 0 Å². The van der Waals surface area contributed by atoms with Crippen molar-refractivity contribution in [2.45, 2.75) is 18.2 Å². The quantitative estimate of drug-likeness (QED) is 0.781. The highest BCUT2D eigenvalue weighted by Gasteiger charge is 2.19. The predicted molar refractivity (Wildman–Crippen MR) is 64.6 cm³/mol. The third kappa shape index (κ3) is 3.42. The standard InChI is InChI=1S/C11H17NO4S/c1-3-9-4-5-10(16-2)11(8-9)17(14,15)12-6-7-13/h4-5,8,12-13H,3,6-7H2,1-2H3. The number of aliphatic hydroxyl groups excluding tert-OH is 1. The van der Waals surface area contributed by atoms with Crippen molar-refractivity contribution in [1.82, 2.24) is 4.72 Å². The first-order chi connectivity index (χ1) is 8.05. The molecule has 1 aromatic rings. The fourth-order valence-electron chi connectivity index (χ4n) is 1.41. The number of aryl methyl sites for hydroxylation is 1. The largest absolute Gasteiger partial charge is 0.495 e. The molecule has 0 spiro atoms. The van der Waals surface area contributed by atoms with E-state index in [-0.39, 0.29) is 18.0 Å². The second-order valence-electron chi connectivity index (χ2n) is 3.46. The van der Waals surface area contributed by atoms with Gasteiger partial charge in [-0.1, -0.05) is 13.0 Å². The summed E-state index contributed by atoms with van der Waals surface area (Å²) < 4.78 is 31.2. The summed E-state index contributed by atoms with van der Waals surface area (Å²) in [7, 11) is -2.21. The summed E-state index contributed by atoms with van der Waals surface area (Å²) in [5.74, 6) is 0.299. The number of nitrogens with one attached hydrogen (secondary N) is 1. The van der Waals surface area contributed by atoms with Gasteiger partial charge in [0, 0.05) is 6.54 Å². The Kier molecular flexibility index (Phi) is 4.92. The minimum Gasteiger partial charge on any atom is -0.495 e. The van der Waals surface area contributed by atoms with Crippen LogP contribution in [0.3, 0.4) is 0 Å². The van der Waals surface area contributed by atoms with E-state index in [0.717, 1.165) is 12.0 Å². The van der Waals surface area contributed by atoms with E-state index in [1.54, 1.807) is 12.1 Å². The van der Waals surface area contributed by atoms with Gasteiger partial charge in [-0.3, -0.25) is 0 Å². The Morgan fingerprint density at radius 3 is 2.65 bits per heavy atom. The fourth-order valence-corrected chi connectivity index (χ4v) is 2.65. The average Bonchev–Trinajstić information content (AvgIpc) is 2.35. The number of ether oxygens (including phenoxy) is 1. The van der Waals surface area contributed by atoms with Gasteiger partial charge < -0.3 is 9.84 Å². The van der Waals surface area contributed by atoms with Crippen LogP contribution in [0.15, 0.2) is 23.1 Å². The maximum absolute atomic E-state index is 11.9. The van der Waals surface area contributed by atoms with Crippen molar-refractivity contribution in [3.05, 3.63) is 23.8 Å². The van der Waals surface area contributed by atoms with Crippen molar-refractivity contribution in [1.29, 1.82) is 0 Å². The maximum Gasteiger partial charge on any atom is 0.244 e. The smallest absolute Gasteiger partial charge is 0.244 e. The Hall–Kier alpha value is -1.11. The molecule has 0 heterocycles. The summed E-state index contributed by atoms with van der Waals surface area (Å²) in [6, 6.07) is 5.04. The molecule has 96 valence electrons. The molecule has 0 bridgehead atoms. The number of sulfonamides is 1. The molecule has 0 unspecified atom stereocenters. The average molecular weight is 259 g/mol. The van der Waals surface area contributed by atoms with Crippen LogP contribution in [0.4, 0.5) is 0 Å². The molecule has 0 amide bonds. The molecule has 0 aliphatic heterocycles. The van der Waals surface area contributed by atoms with Gasteiger partial charge in [-0.2, -0.15) is 0 Å². The highest BCUT2D eigenvalue weighted by molar-refractivity contribution is 7.89. The van der Waals surface area contributed by atoms with Gasteiger partial charge >= 0.3 is 0 Å². The molecule has 0 fully saturated rings. The van der Waals surface area contributed by atoms with E-state index in [4.69, 9.17) is 9.84 Å². The number of benzene rings is 1. The summed E-state index contributed by atoms with van der Waals surface area (Å²) in [4.78, 5) is 0.104. The van der Waals surface area contributed by atoms with Crippen LogP contribution in [0.25, 0.3) is 0 Å². The zero-order valence-electron chi connectivity index (χ0n) is 9.93. The topological polar surface area (TPSA) is 75.6 Å². The predicted octanol–water partition coefficient (Wildman–Crippen LogP) is 0.528. The molecule has 0 atom stereocenters. The Balaban J connectivity index is 3.17. The van der Waals surface area contributed by atoms with Gasteiger partial charge in [0.1, 0.15) is 10.6 Å². The highest BCUT2D eigenvalue weighted by Crippen LogP contribution is 2.24. The molecule has 17 heavy (non-hydrogen) atoms. The van der Waals surface area contributed by atoms with Crippen LogP contribution in [-0.4, -0.2) is 33.8 Å². The third-order valence-corrected chi connectivity index (χ3v) is 3.81. The number of rotatable bonds is 6. The van der Waals surface area contributed by atoms with Crippen molar-refractivity contribution in [2.75, 3.05) is 20.3 Å². The van der Waals surface area contributed by atoms with E-state index < -0.39 is 10.0 Å². The zero-order chi connectivity index (χ0) is 12.9. The highest BCUT2D eigenvalue weighted by atomic mass is 32.2. The van der Waals surface area contributed by atoms with Crippen LogP contribution in [-0.2, 0) is 16.4 Å². The lowest BCUT2D eigenvalue weighted by Crippen LogP contribution is -2.27. The Labute approximate surface area is 101 Å². The van der Waals surface area contributed by atoms with Crippen LogP contribution < -0.4 is 9.46 Å². The van der Waals surface area contributed by atoms with Crippen LogP contribution in [0.5, 0.6) is 5.75 Å². The third-order valence-electron chi connectivity index (χ3n) is 2.33. The van der Waals surface area contributed by atoms with Gasteiger partial charge in [0.2, 0.25) is 10.0 Å². The van der Waals surface area contributed by atoms with Crippen molar-refractivity contribution < 1.29 is 18.3 Å². The normalized spacial score (nSPS) is 11.5. The van der Waals surface area contributed by atoms with Gasteiger partial charge in [-0.15, -0.1) is 0 Å². The fraction of sp³-hybridized carbons (Fsp3) is 0.455. The van der Waals surface area contributed by atoms with Crippen molar-refractivity contribution in [3.8, 4) is 5.75 Å². The lowest BCUT2D eigenvalue weighted by atomic mass is 10.2. The summed E-state index contributed by atoms with van der Waals surface area (Å²) in [6.45, 7) is 1.69. The number of hydrogen-bond donors (Lipinski definition) is 2. The molecule has 1 aromatic carbocycles. The summed E-state index contributed by atoms with van der Waals surface area (Å²) in [6.07, 6.45) is 0.743. The first-order valence-electron chi connectivity index (χ1n) is 5.32. The second-order valence-corrected chi connectivity index (χ2v) is 5.20. The molecule has 2 N–H and O–H groups in total. The first-order valence-corrected chi connectivity index (χ1v) is 6.81. The summed E-state index contributed by atoms with van der Waals surface area (Å²) in [5, 5.41) is 8.65. The van der Waals surface area contributed by atoms with E-state index in [9.17, 15) is 8.42 Å². The zero-order valence-corrected chi connectivity index (χ0v) is 10.8. The molecule has 0 saturated heterocycles. The summed E-state index contributed by atoms with van der Waals surface area (Å²) in [5.41, 5.74) is 0.912. The van der Waals surface area contributed by atoms with E-state index in [1.807, 2.05) is 13.0 Å². The molecule has 0 radical (unpaired) electrons. The second kappa shape index (κ2) is 6.00. The van der Waals surface area contributed by atoms with E-state index in [0.29, 0.717) is 5.75 Å². The minimum absolute atomic E-state index is 0.0121. The molecular formula is C11H17NO4S. The van der Waals surface area contributed by atoms with Crippen molar-refractivity contribution in [2.24, 2.45) is 0 Å². The molecule has 0 aliphatic carbocycles. The Morgan fingerprint density at radius 1 is 1.41 bits per heavy atom. The molecule has 6 heteroatoms. The molecule has 1 rings (SSSR count). The van der Waals surface area contributed by atoms with Crippen LogP contribution in [0.1, 0.15) is 12.5 Å². The molecule has 0 aromatic heterocycles. The van der Waals surface area contributed by atoms with Crippen LogP contribution in [0, 0.1) is 0 Å². The van der Waals surface area contributed by atoms with E-state index in [2.05, 4.69) is 4.72 Å². The van der Waals surface area contributed by atoms with E-state index in [1.165, 1.54) is 7.11 Å². The Morgan fingerprint density at radius 2 is 2.12 bits per heavy atom. The molecule has 0 aliphatic rings. The van der Waals surface area contributed by atoms with Gasteiger partial charge in [0.25, 0.3) is 0 Å². The first kappa shape index (κ1) is 14.0. The number of hydrogen-bond acceptors (Lipinski definition) is 4. The SMILES string of the molecule is CCc1ccc(OC)c(S(=O)(=O)NCCO)c1. The lowest BCUT2D eigenvalue weighted by Gasteiger charge is -2.11. The van der Waals surface area contributed by atoms with Gasteiger partial charge in [-0.05, 0) is 24.1 Å². The van der Waals surface area contributed by atoms with Crippen molar-refractivity contribution >= 4 is 10.0 Å². The van der Waals surface area contributed by atoms with E-state index >= 15 is 0 Å². The number of methoxy groups -OCH3 is 1. The molecule has 0 saturated carbocycles. The maximum atomic E-state index is 11.9. The summed E-state index contributed by atoms with van der Waals surface area (Å²) >= 11 is 0. The molecule has 5 nitrogen and oxygen atoms in total. The monoisotopic (exact) mass is 259 g/mol. The van der Waals surface area contributed by atoms with Gasteiger partial charge in [0.15, 0.2) is 0 Å². The Bertz CT molecular complexity index is 470. The lowest BCUT2D eigenvalue weighted by molar-refractivity contribution is 0.301. The van der Waals surface area contributed by atoms with Gasteiger partial charge in [-0.25, -0.2) is 13.1 Å². The van der Waals surface area contributed by atoms with Crippen LogP contribution in [0.2, 0.25) is 0 Å². The number of aliphatic hydroxyl groups is 1.